The van der Waals surface area contributed by atoms with Crippen LogP contribution in [0.15, 0.2) is 79.1 Å². The molecule has 0 aliphatic heterocycles. The van der Waals surface area contributed by atoms with Crippen molar-refractivity contribution in [3.63, 3.8) is 0 Å². The van der Waals surface area contributed by atoms with Crippen LogP contribution in [0.5, 0.6) is 0 Å². The number of benzene rings is 2. The van der Waals surface area contributed by atoms with E-state index in [4.69, 9.17) is 5.11 Å². The molecular weight excluding hydrogens is 522 g/mol. The van der Waals surface area contributed by atoms with Gasteiger partial charge < -0.3 is 31.4 Å². The maximum absolute atomic E-state index is 13.2. The normalized spacial score (nSPS) is 11.6. The molecule has 0 fully saturated rings. The Morgan fingerprint density at radius 3 is 2.46 bits per heavy atom. The molecule has 3 aromatic heterocycles. The van der Waals surface area contributed by atoms with Gasteiger partial charge in [-0.2, -0.15) is 0 Å². The van der Waals surface area contributed by atoms with Gasteiger partial charge in [0.25, 0.3) is 5.91 Å². The number of carbonyl (C=O) groups is 2. The highest BCUT2D eigenvalue weighted by Gasteiger charge is 2.22. The Balaban J connectivity index is 1.32. The number of fused-ring (bicyclic) bond motifs is 1. The summed E-state index contributed by atoms with van der Waals surface area (Å²) in [6, 6.07) is 19.4. The van der Waals surface area contributed by atoms with E-state index in [1.54, 1.807) is 49.8 Å². The van der Waals surface area contributed by atoms with E-state index in [1.165, 1.54) is 0 Å². The van der Waals surface area contributed by atoms with Crippen LogP contribution < -0.4 is 21.3 Å². The van der Waals surface area contributed by atoms with E-state index < -0.39 is 17.9 Å². The van der Waals surface area contributed by atoms with Crippen LogP contribution in [0.1, 0.15) is 10.4 Å². The second-order valence-corrected chi connectivity index (χ2v) is 9.05. The third kappa shape index (κ3) is 6.62. The van der Waals surface area contributed by atoms with Crippen molar-refractivity contribution < 1.29 is 14.7 Å². The van der Waals surface area contributed by atoms with Crippen molar-refractivity contribution in [2.75, 3.05) is 37.4 Å². The minimum atomic E-state index is -0.962. The topological polar surface area (TPSA) is 170 Å². The lowest BCUT2D eigenvalue weighted by molar-refractivity contribution is -0.122. The number of hydrogen-bond acceptors (Lipinski definition) is 9. The first kappa shape index (κ1) is 27.2. The number of rotatable bonds is 11. The summed E-state index contributed by atoms with van der Waals surface area (Å²) < 4.78 is 0. The van der Waals surface area contributed by atoms with Crippen molar-refractivity contribution in [3.8, 4) is 22.6 Å². The van der Waals surface area contributed by atoms with Crippen LogP contribution in [0.4, 0.5) is 11.9 Å². The predicted molar refractivity (Wildman–Crippen MR) is 156 cm³/mol. The summed E-state index contributed by atoms with van der Waals surface area (Å²) in [5, 5.41) is 21.3. The molecule has 0 spiro atoms. The maximum atomic E-state index is 13.2. The molecule has 0 bridgehead atoms. The number of amides is 2. The smallest absolute Gasteiger partial charge is 0.252 e. The van der Waals surface area contributed by atoms with E-state index in [0.29, 0.717) is 23.2 Å². The van der Waals surface area contributed by atoms with Crippen molar-refractivity contribution >= 4 is 34.6 Å². The second kappa shape index (κ2) is 12.7. The van der Waals surface area contributed by atoms with Gasteiger partial charge in [-0.1, -0.05) is 30.3 Å². The van der Waals surface area contributed by atoms with Gasteiger partial charge in [-0.05, 0) is 36.4 Å². The largest absolute Gasteiger partial charge is 0.395 e. The molecule has 2 amide bonds. The summed E-state index contributed by atoms with van der Waals surface area (Å²) in [5.41, 5.74) is 4.33. The number of hydrogen-bond donors (Lipinski definition) is 6. The van der Waals surface area contributed by atoms with E-state index in [1.807, 2.05) is 36.4 Å². The van der Waals surface area contributed by atoms with Gasteiger partial charge in [0.2, 0.25) is 17.8 Å². The fraction of sp³-hybridized carbons (Fsp3) is 0.172. The van der Waals surface area contributed by atoms with Gasteiger partial charge in [-0.3, -0.25) is 9.59 Å². The number of aromatic amines is 1. The average molecular weight is 552 g/mol. The van der Waals surface area contributed by atoms with Crippen molar-refractivity contribution in [3.05, 3.63) is 84.7 Å². The zero-order chi connectivity index (χ0) is 28.6. The molecule has 5 aromatic rings. The van der Waals surface area contributed by atoms with E-state index in [2.05, 4.69) is 46.2 Å². The van der Waals surface area contributed by atoms with Crippen LogP contribution in [0, 0.1) is 0 Å². The molecule has 3 heterocycles. The summed E-state index contributed by atoms with van der Waals surface area (Å²) >= 11 is 0. The lowest BCUT2D eigenvalue weighted by Gasteiger charge is -2.19. The Kier molecular flexibility index (Phi) is 8.41. The summed E-state index contributed by atoms with van der Waals surface area (Å²) in [4.78, 5) is 46.8. The molecular formula is C29H29N9O3. The molecule has 12 heteroatoms. The Hall–Kier alpha value is -5.36. The fourth-order valence-electron chi connectivity index (χ4n) is 4.20. The monoisotopic (exact) mass is 551 g/mol. The quantitative estimate of drug-likeness (QED) is 0.144. The Labute approximate surface area is 235 Å². The number of anilines is 2. The molecule has 0 aliphatic carbocycles. The van der Waals surface area contributed by atoms with Gasteiger partial charge in [-0.15, -0.1) is 0 Å². The SMILES string of the molecule is CNc1nccc(-c2cc3cc(C(=O)NC(CNc4nccc(-c5ccccc5)n4)C(=O)NCCO)ccc3[nH]2)n1. The van der Waals surface area contributed by atoms with E-state index in [-0.39, 0.29) is 19.7 Å². The Bertz CT molecular complexity index is 1660. The second-order valence-electron chi connectivity index (χ2n) is 9.05. The van der Waals surface area contributed by atoms with Gasteiger partial charge in [0, 0.05) is 54.6 Å². The van der Waals surface area contributed by atoms with E-state index in [0.717, 1.165) is 27.9 Å². The fourth-order valence-corrected chi connectivity index (χ4v) is 4.20. The minimum absolute atomic E-state index is 0.0271. The van der Waals surface area contributed by atoms with Gasteiger partial charge in [0.05, 0.1) is 23.7 Å². The summed E-state index contributed by atoms with van der Waals surface area (Å²) in [6.07, 6.45) is 3.29. The molecule has 0 saturated heterocycles. The van der Waals surface area contributed by atoms with E-state index in [9.17, 15) is 9.59 Å². The van der Waals surface area contributed by atoms with E-state index >= 15 is 0 Å². The molecule has 6 N–H and O–H groups in total. The minimum Gasteiger partial charge on any atom is -0.395 e. The highest BCUT2D eigenvalue weighted by molar-refractivity contribution is 6.01. The van der Waals surface area contributed by atoms with Crippen LogP contribution in [-0.4, -0.2) is 74.6 Å². The zero-order valence-corrected chi connectivity index (χ0v) is 22.3. The molecule has 208 valence electrons. The van der Waals surface area contributed by atoms with Crippen LogP contribution in [0.2, 0.25) is 0 Å². The van der Waals surface area contributed by atoms with Gasteiger partial charge >= 0.3 is 0 Å². The summed E-state index contributed by atoms with van der Waals surface area (Å²) in [7, 11) is 1.75. The standard InChI is InChI=1S/C29H29N9O3/c1-30-28-32-12-10-23(38-28)24-16-20-15-19(7-8-21(20)35-24)26(40)36-25(27(41)31-13-14-39)17-34-29-33-11-9-22(37-29)18-5-3-2-4-6-18/h2-12,15-16,25,35,39H,13-14,17H2,1H3,(H,31,41)(H,36,40)(H,30,32,38)(H,33,34,37). The molecule has 1 atom stereocenters. The summed E-state index contributed by atoms with van der Waals surface area (Å²) in [6.45, 7) is -0.141. The average Bonchev–Trinajstić information content (AvgIpc) is 3.46. The number of aliphatic hydroxyl groups is 1. The molecule has 5 rings (SSSR count). The van der Waals surface area contributed by atoms with Crippen molar-refractivity contribution in [1.82, 2.24) is 35.6 Å². The lowest BCUT2D eigenvalue weighted by atomic mass is 10.1. The number of aromatic nitrogens is 5. The number of H-pyrrole nitrogens is 1. The van der Waals surface area contributed by atoms with Crippen LogP contribution >= 0.6 is 0 Å². The number of nitrogens with one attached hydrogen (secondary N) is 5. The first-order valence-electron chi connectivity index (χ1n) is 13.0. The van der Waals surface area contributed by atoms with Crippen molar-refractivity contribution in [1.29, 1.82) is 0 Å². The molecule has 0 aliphatic rings. The molecule has 1 unspecified atom stereocenters. The number of aliphatic hydroxyl groups excluding tert-OH is 1. The van der Waals surface area contributed by atoms with Crippen LogP contribution in [0.25, 0.3) is 33.5 Å². The third-order valence-corrected chi connectivity index (χ3v) is 6.26. The highest BCUT2D eigenvalue weighted by atomic mass is 16.3. The molecule has 0 radical (unpaired) electrons. The first-order chi connectivity index (χ1) is 20.0. The van der Waals surface area contributed by atoms with Gasteiger partial charge in [0.1, 0.15) is 6.04 Å². The molecule has 41 heavy (non-hydrogen) atoms. The molecule has 0 saturated carbocycles. The zero-order valence-electron chi connectivity index (χ0n) is 22.3. The predicted octanol–water partition coefficient (Wildman–Crippen LogP) is 2.44. The number of nitrogens with zero attached hydrogens (tertiary/aromatic N) is 4. The highest BCUT2D eigenvalue weighted by Crippen LogP contribution is 2.24. The Morgan fingerprint density at radius 2 is 1.68 bits per heavy atom. The van der Waals surface area contributed by atoms with Crippen LogP contribution in [0.3, 0.4) is 0 Å². The Morgan fingerprint density at radius 1 is 0.927 bits per heavy atom. The molecule has 12 nitrogen and oxygen atoms in total. The first-order valence-corrected chi connectivity index (χ1v) is 13.0. The maximum Gasteiger partial charge on any atom is 0.252 e. The van der Waals surface area contributed by atoms with Crippen molar-refractivity contribution in [2.45, 2.75) is 6.04 Å². The number of carbonyl (C=O) groups excluding carboxylic acids is 2. The lowest BCUT2D eigenvalue weighted by Crippen LogP contribution is -2.51. The summed E-state index contributed by atoms with van der Waals surface area (Å²) in [5.74, 6) is -0.0715. The van der Waals surface area contributed by atoms with Crippen molar-refractivity contribution in [2.24, 2.45) is 0 Å². The molecule has 2 aromatic carbocycles. The van der Waals surface area contributed by atoms with Crippen LogP contribution in [-0.2, 0) is 4.79 Å². The third-order valence-electron chi connectivity index (χ3n) is 6.26. The van der Waals surface area contributed by atoms with Gasteiger partial charge in [-0.25, -0.2) is 19.9 Å². The van der Waals surface area contributed by atoms with Gasteiger partial charge in [0.15, 0.2) is 0 Å².